The fourth-order valence-corrected chi connectivity index (χ4v) is 3.07. The van der Waals surface area contributed by atoms with Crippen LogP contribution in [0.5, 0.6) is 11.5 Å². The number of benzene rings is 2. The molecular weight excluding hydrogens is 382 g/mol. The van der Waals surface area contributed by atoms with E-state index < -0.39 is 0 Å². The number of ether oxygens (including phenoxy) is 3. The van der Waals surface area contributed by atoms with E-state index in [0.29, 0.717) is 35.5 Å². The van der Waals surface area contributed by atoms with E-state index in [4.69, 9.17) is 25.8 Å². The standard InChI is InChI=1S/C20H22ClN3O4/c1-4-27-15-8-6-14(7-9-15)24-16-10-13(21)11-17(26-3)19(16)23-20(24)22-12-18(25)28-5-2/h6-11H,4-5,12H2,1-3H3,(H,22,23). The molecule has 148 valence electrons. The molecular formula is C20H22ClN3O4. The van der Waals surface area contributed by atoms with Gasteiger partial charge in [0.2, 0.25) is 5.95 Å². The van der Waals surface area contributed by atoms with E-state index in [9.17, 15) is 4.79 Å². The highest BCUT2D eigenvalue weighted by Gasteiger charge is 2.18. The zero-order valence-electron chi connectivity index (χ0n) is 16.0. The molecule has 0 aliphatic carbocycles. The van der Waals surface area contributed by atoms with Crippen LogP contribution in [0.15, 0.2) is 36.4 Å². The van der Waals surface area contributed by atoms with E-state index in [1.807, 2.05) is 35.8 Å². The highest BCUT2D eigenvalue weighted by atomic mass is 35.5. The lowest BCUT2D eigenvalue weighted by molar-refractivity contribution is -0.140. The molecule has 0 amide bonds. The van der Waals surface area contributed by atoms with Crippen LogP contribution in [0.2, 0.25) is 5.02 Å². The maximum atomic E-state index is 11.8. The number of imidazole rings is 1. The van der Waals surface area contributed by atoms with E-state index in [-0.39, 0.29) is 12.5 Å². The second-order valence-corrected chi connectivity index (χ2v) is 6.27. The Morgan fingerprint density at radius 1 is 1.18 bits per heavy atom. The molecule has 1 aromatic heterocycles. The van der Waals surface area contributed by atoms with Crippen LogP contribution in [0.1, 0.15) is 13.8 Å². The number of hydrogen-bond donors (Lipinski definition) is 1. The molecule has 0 saturated heterocycles. The minimum absolute atomic E-state index is 0.00968. The molecule has 28 heavy (non-hydrogen) atoms. The van der Waals surface area contributed by atoms with E-state index in [2.05, 4.69) is 10.3 Å². The van der Waals surface area contributed by atoms with Gasteiger partial charge in [0.25, 0.3) is 0 Å². The first-order valence-corrected chi connectivity index (χ1v) is 9.33. The number of anilines is 1. The third kappa shape index (κ3) is 4.14. The van der Waals surface area contributed by atoms with Gasteiger partial charge in [0.15, 0.2) is 0 Å². The quantitative estimate of drug-likeness (QED) is 0.571. The lowest BCUT2D eigenvalue weighted by Crippen LogP contribution is -2.18. The van der Waals surface area contributed by atoms with Crippen LogP contribution < -0.4 is 14.8 Å². The van der Waals surface area contributed by atoms with Crippen molar-refractivity contribution in [2.45, 2.75) is 13.8 Å². The normalized spacial score (nSPS) is 10.7. The number of carbonyl (C=O) groups is 1. The van der Waals surface area contributed by atoms with Crippen molar-refractivity contribution in [2.24, 2.45) is 0 Å². The molecule has 0 atom stereocenters. The van der Waals surface area contributed by atoms with Crippen molar-refractivity contribution in [1.82, 2.24) is 9.55 Å². The molecule has 0 aliphatic rings. The van der Waals surface area contributed by atoms with Gasteiger partial charge in [0.05, 0.1) is 25.8 Å². The number of fused-ring (bicyclic) bond motifs is 1. The van der Waals surface area contributed by atoms with Gasteiger partial charge >= 0.3 is 5.97 Å². The van der Waals surface area contributed by atoms with Crippen LogP contribution in [-0.4, -0.2) is 42.4 Å². The highest BCUT2D eigenvalue weighted by molar-refractivity contribution is 6.31. The number of nitrogens with one attached hydrogen (secondary N) is 1. The molecule has 0 radical (unpaired) electrons. The number of halogens is 1. The lowest BCUT2D eigenvalue weighted by atomic mass is 10.2. The van der Waals surface area contributed by atoms with Gasteiger partial charge in [-0.1, -0.05) is 11.6 Å². The average Bonchev–Trinajstić information content (AvgIpc) is 3.05. The van der Waals surface area contributed by atoms with Gasteiger partial charge in [-0.25, -0.2) is 4.98 Å². The minimum atomic E-state index is -0.363. The van der Waals surface area contributed by atoms with E-state index in [0.717, 1.165) is 17.0 Å². The van der Waals surface area contributed by atoms with Crippen LogP contribution in [0.4, 0.5) is 5.95 Å². The number of methoxy groups -OCH3 is 1. The summed E-state index contributed by atoms with van der Waals surface area (Å²) in [6.45, 7) is 4.60. The number of carbonyl (C=O) groups excluding carboxylic acids is 1. The molecule has 0 unspecified atom stereocenters. The lowest BCUT2D eigenvalue weighted by Gasteiger charge is -2.12. The monoisotopic (exact) mass is 403 g/mol. The Morgan fingerprint density at radius 3 is 2.57 bits per heavy atom. The van der Waals surface area contributed by atoms with Crippen molar-refractivity contribution in [3.63, 3.8) is 0 Å². The highest BCUT2D eigenvalue weighted by Crippen LogP contribution is 2.34. The SMILES string of the molecule is CCOC(=O)CNc1nc2c(OC)cc(Cl)cc2n1-c1ccc(OCC)cc1. The zero-order chi connectivity index (χ0) is 20.1. The van der Waals surface area contributed by atoms with Crippen molar-refractivity contribution in [3.05, 3.63) is 41.4 Å². The third-order valence-corrected chi connectivity index (χ3v) is 4.23. The summed E-state index contributed by atoms with van der Waals surface area (Å²) in [7, 11) is 1.56. The molecule has 2 aromatic carbocycles. The zero-order valence-corrected chi connectivity index (χ0v) is 16.7. The van der Waals surface area contributed by atoms with Gasteiger partial charge < -0.3 is 19.5 Å². The molecule has 0 saturated carbocycles. The third-order valence-electron chi connectivity index (χ3n) is 4.01. The Labute approximate surface area is 168 Å². The smallest absolute Gasteiger partial charge is 0.325 e. The predicted octanol–water partition coefficient (Wildman–Crippen LogP) is 4.06. The van der Waals surface area contributed by atoms with Crippen LogP contribution >= 0.6 is 11.6 Å². The molecule has 8 heteroatoms. The van der Waals surface area contributed by atoms with Crippen molar-refractivity contribution in [3.8, 4) is 17.2 Å². The van der Waals surface area contributed by atoms with Crippen molar-refractivity contribution >= 4 is 34.6 Å². The Morgan fingerprint density at radius 2 is 1.93 bits per heavy atom. The average molecular weight is 404 g/mol. The molecule has 3 rings (SSSR count). The van der Waals surface area contributed by atoms with Gasteiger partial charge in [-0.15, -0.1) is 0 Å². The largest absolute Gasteiger partial charge is 0.494 e. The maximum Gasteiger partial charge on any atom is 0.325 e. The van der Waals surface area contributed by atoms with Crippen LogP contribution in [-0.2, 0) is 9.53 Å². The molecule has 7 nitrogen and oxygen atoms in total. The van der Waals surface area contributed by atoms with Crippen LogP contribution in [0, 0.1) is 0 Å². The van der Waals surface area contributed by atoms with E-state index in [1.54, 1.807) is 26.2 Å². The Bertz CT molecular complexity index is 970. The number of nitrogens with zero attached hydrogens (tertiary/aromatic N) is 2. The fourth-order valence-electron chi connectivity index (χ4n) is 2.87. The number of aromatic nitrogens is 2. The van der Waals surface area contributed by atoms with Crippen LogP contribution in [0.3, 0.4) is 0 Å². The van der Waals surface area contributed by atoms with E-state index >= 15 is 0 Å². The number of hydrogen-bond acceptors (Lipinski definition) is 6. The summed E-state index contributed by atoms with van der Waals surface area (Å²) >= 11 is 6.27. The summed E-state index contributed by atoms with van der Waals surface area (Å²) in [5, 5.41) is 3.57. The fraction of sp³-hybridized carbons (Fsp3) is 0.300. The van der Waals surface area contributed by atoms with E-state index in [1.165, 1.54) is 0 Å². The van der Waals surface area contributed by atoms with Gasteiger partial charge in [0.1, 0.15) is 23.6 Å². The summed E-state index contributed by atoms with van der Waals surface area (Å²) in [5.74, 6) is 1.43. The maximum absolute atomic E-state index is 11.8. The first-order chi connectivity index (χ1) is 13.6. The van der Waals surface area contributed by atoms with Gasteiger partial charge in [0, 0.05) is 16.8 Å². The first kappa shape index (κ1) is 19.8. The molecule has 0 spiro atoms. The van der Waals surface area contributed by atoms with Gasteiger partial charge in [-0.3, -0.25) is 9.36 Å². The molecule has 1 heterocycles. The van der Waals surface area contributed by atoms with Gasteiger partial charge in [-0.05, 0) is 44.2 Å². The summed E-state index contributed by atoms with van der Waals surface area (Å²) in [6, 6.07) is 11.1. The van der Waals surface area contributed by atoms with Crippen molar-refractivity contribution in [2.75, 3.05) is 32.2 Å². The second kappa shape index (κ2) is 8.84. The molecule has 0 fully saturated rings. The van der Waals surface area contributed by atoms with Crippen molar-refractivity contribution < 1.29 is 19.0 Å². The second-order valence-electron chi connectivity index (χ2n) is 5.83. The summed E-state index contributed by atoms with van der Waals surface area (Å²) in [5.41, 5.74) is 2.22. The molecule has 3 aromatic rings. The first-order valence-electron chi connectivity index (χ1n) is 8.96. The van der Waals surface area contributed by atoms with Gasteiger partial charge in [-0.2, -0.15) is 0 Å². The predicted molar refractivity (Wildman–Crippen MR) is 109 cm³/mol. The Kier molecular flexibility index (Phi) is 6.26. The number of esters is 1. The summed E-state index contributed by atoms with van der Waals surface area (Å²) in [4.78, 5) is 16.4. The number of rotatable bonds is 8. The molecule has 1 N–H and O–H groups in total. The van der Waals surface area contributed by atoms with Crippen molar-refractivity contribution in [1.29, 1.82) is 0 Å². The Balaban J connectivity index is 2.09. The minimum Gasteiger partial charge on any atom is -0.494 e. The summed E-state index contributed by atoms with van der Waals surface area (Å²) < 4.78 is 17.8. The molecule has 0 bridgehead atoms. The summed E-state index contributed by atoms with van der Waals surface area (Å²) in [6.07, 6.45) is 0. The topological polar surface area (TPSA) is 74.6 Å². The molecule has 0 aliphatic heterocycles. The Hall–Kier alpha value is -2.93. The van der Waals surface area contributed by atoms with Crippen LogP contribution in [0.25, 0.3) is 16.7 Å².